The van der Waals surface area contributed by atoms with Crippen LogP contribution in [0.15, 0.2) is 28.0 Å². The summed E-state index contributed by atoms with van der Waals surface area (Å²) in [5.74, 6) is 2.76. The molecule has 0 aliphatic heterocycles. The van der Waals surface area contributed by atoms with Crippen LogP contribution in [0.1, 0.15) is 35.8 Å². The van der Waals surface area contributed by atoms with Crippen LogP contribution < -0.4 is 5.32 Å². The Morgan fingerprint density at radius 1 is 1.33 bits per heavy atom. The Labute approximate surface area is 132 Å². The van der Waals surface area contributed by atoms with E-state index in [0.717, 1.165) is 37.7 Å². The molecule has 21 heavy (non-hydrogen) atoms. The minimum Gasteiger partial charge on any atom is -0.465 e. The Balaban J connectivity index is 1.86. The van der Waals surface area contributed by atoms with Crippen molar-refractivity contribution in [1.82, 2.24) is 10.2 Å². The summed E-state index contributed by atoms with van der Waals surface area (Å²) in [4.78, 5) is 3.68. The number of nitrogens with one attached hydrogen (secondary N) is 1. The van der Waals surface area contributed by atoms with Gasteiger partial charge in [0.1, 0.15) is 11.5 Å². The van der Waals surface area contributed by atoms with Crippen LogP contribution in [0, 0.1) is 12.8 Å². The van der Waals surface area contributed by atoms with Crippen LogP contribution in [-0.4, -0.2) is 18.5 Å². The molecule has 2 heterocycles. The second-order valence-corrected chi connectivity index (χ2v) is 7.10. The molecule has 0 atom stereocenters. The number of hydrogen-bond donors (Lipinski definition) is 1. The fraction of sp³-hybridized carbons (Fsp3) is 0.529. The second-order valence-electron chi connectivity index (χ2n) is 6.07. The third kappa shape index (κ3) is 5.30. The van der Waals surface area contributed by atoms with Gasteiger partial charge in [0.05, 0.1) is 6.54 Å². The third-order valence-electron chi connectivity index (χ3n) is 3.37. The molecule has 3 nitrogen and oxygen atoms in total. The summed E-state index contributed by atoms with van der Waals surface area (Å²) in [6.45, 7) is 10.2. The van der Waals surface area contributed by atoms with Crippen molar-refractivity contribution < 1.29 is 4.42 Å². The van der Waals surface area contributed by atoms with E-state index in [0.29, 0.717) is 5.92 Å². The molecule has 0 bridgehead atoms. The van der Waals surface area contributed by atoms with Crippen LogP contribution in [-0.2, 0) is 19.6 Å². The number of nitrogens with zero attached hydrogens (tertiary/aromatic N) is 1. The molecule has 0 saturated carbocycles. The van der Waals surface area contributed by atoms with Crippen LogP contribution in [0.3, 0.4) is 0 Å². The van der Waals surface area contributed by atoms with E-state index in [4.69, 9.17) is 4.42 Å². The van der Waals surface area contributed by atoms with E-state index in [1.54, 1.807) is 11.3 Å². The SMILES string of the molecule is Cc1oc(CN(C)Cc2cccs2)cc1CNCC(C)C. The summed E-state index contributed by atoms with van der Waals surface area (Å²) < 4.78 is 5.88. The fourth-order valence-electron chi connectivity index (χ4n) is 2.33. The quantitative estimate of drug-likeness (QED) is 0.798. The topological polar surface area (TPSA) is 28.4 Å². The lowest BCUT2D eigenvalue weighted by Gasteiger charge is -2.13. The molecule has 0 aliphatic rings. The predicted octanol–water partition coefficient (Wildman–Crippen LogP) is 4.03. The van der Waals surface area contributed by atoms with Crippen LogP contribution >= 0.6 is 11.3 Å². The monoisotopic (exact) mass is 306 g/mol. The number of rotatable bonds is 8. The molecule has 0 amide bonds. The van der Waals surface area contributed by atoms with E-state index in [1.165, 1.54) is 10.4 Å². The first-order chi connectivity index (χ1) is 10.0. The van der Waals surface area contributed by atoms with E-state index in [1.807, 2.05) is 0 Å². The van der Waals surface area contributed by atoms with Gasteiger partial charge in [0, 0.05) is 23.5 Å². The summed E-state index contributed by atoms with van der Waals surface area (Å²) in [7, 11) is 2.13. The van der Waals surface area contributed by atoms with Gasteiger partial charge in [0.25, 0.3) is 0 Å². The number of thiophene rings is 1. The maximum absolute atomic E-state index is 5.88. The van der Waals surface area contributed by atoms with E-state index in [-0.39, 0.29) is 0 Å². The lowest BCUT2D eigenvalue weighted by molar-refractivity contribution is 0.287. The van der Waals surface area contributed by atoms with Gasteiger partial charge in [-0.05, 0) is 43.9 Å². The van der Waals surface area contributed by atoms with E-state index < -0.39 is 0 Å². The minimum absolute atomic E-state index is 0.675. The normalized spacial score (nSPS) is 11.7. The predicted molar refractivity (Wildman–Crippen MR) is 89.5 cm³/mol. The smallest absolute Gasteiger partial charge is 0.118 e. The van der Waals surface area contributed by atoms with Crippen molar-refractivity contribution >= 4 is 11.3 Å². The van der Waals surface area contributed by atoms with Crippen molar-refractivity contribution in [2.24, 2.45) is 5.92 Å². The molecule has 0 aromatic carbocycles. The van der Waals surface area contributed by atoms with Crippen LogP contribution in [0.5, 0.6) is 0 Å². The summed E-state index contributed by atoms with van der Waals surface area (Å²) in [6.07, 6.45) is 0. The van der Waals surface area contributed by atoms with E-state index in [2.05, 4.69) is 61.6 Å². The third-order valence-corrected chi connectivity index (χ3v) is 4.23. The molecular weight excluding hydrogens is 280 g/mol. The van der Waals surface area contributed by atoms with Gasteiger partial charge in [0.15, 0.2) is 0 Å². The molecule has 0 spiro atoms. The lowest BCUT2D eigenvalue weighted by Crippen LogP contribution is -2.19. The highest BCUT2D eigenvalue weighted by atomic mass is 32.1. The Morgan fingerprint density at radius 3 is 2.81 bits per heavy atom. The number of furan rings is 1. The zero-order valence-electron chi connectivity index (χ0n) is 13.5. The van der Waals surface area contributed by atoms with Crippen molar-refractivity contribution in [3.05, 3.63) is 45.5 Å². The average molecular weight is 306 g/mol. The first kappa shape index (κ1) is 16.3. The molecule has 0 aliphatic carbocycles. The highest BCUT2D eigenvalue weighted by molar-refractivity contribution is 7.09. The zero-order chi connectivity index (χ0) is 15.2. The van der Waals surface area contributed by atoms with Crippen molar-refractivity contribution in [3.8, 4) is 0 Å². The molecule has 2 aromatic heterocycles. The van der Waals surface area contributed by atoms with Gasteiger partial charge in [-0.1, -0.05) is 19.9 Å². The average Bonchev–Trinajstić information content (AvgIpc) is 3.00. The summed E-state index contributed by atoms with van der Waals surface area (Å²) in [5, 5.41) is 5.60. The lowest BCUT2D eigenvalue weighted by atomic mass is 10.2. The Morgan fingerprint density at radius 2 is 2.14 bits per heavy atom. The van der Waals surface area contributed by atoms with Crippen molar-refractivity contribution in [3.63, 3.8) is 0 Å². The summed E-state index contributed by atoms with van der Waals surface area (Å²) in [5.41, 5.74) is 1.27. The molecule has 116 valence electrons. The van der Waals surface area contributed by atoms with Gasteiger partial charge in [-0.2, -0.15) is 0 Å². The summed E-state index contributed by atoms with van der Waals surface area (Å²) >= 11 is 1.80. The Hall–Kier alpha value is -1.10. The highest BCUT2D eigenvalue weighted by Crippen LogP contribution is 2.18. The fourth-order valence-corrected chi connectivity index (χ4v) is 3.11. The number of aryl methyl sites for hydroxylation is 1. The Bertz CT molecular complexity index is 531. The van der Waals surface area contributed by atoms with Gasteiger partial charge in [0.2, 0.25) is 0 Å². The molecule has 0 unspecified atom stereocenters. The molecule has 0 radical (unpaired) electrons. The molecule has 2 rings (SSSR count). The van der Waals surface area contributed by atoms with Crippen LogP contribution in [0.25, 0.3) is 0 Å². The van der Waals surface area contributed by atoms with E-state index >= 15 is 0 Å². The van der Waals surface area contributed by atoms with Gasteiger partial charge in [-0.15, -0.1) is 11.3 Å². The zero-order valence-corrected chi connectivity index (χ0v) is 14.3. The molecule has 1 N–H and O–H groups in total. The maximum atomic E-state index is 5.88. The second kappa shape index (κ2) is 7.78. The molecule has 0 saturated heterocycles. The van der Waals surface area contributed by atoms with Gasteiger partial charge in [-0.25, -0.2) is 0 Å². The van der Waals surface area contributed by atoms with Gasteiger partial charge >= 0.3 is 0 Å². The van der Waals surface area contributed by atoms with Gasteiger partial charge < -0.3 is 9.73 Å². The first-order valence-corrected chi connectivity index (χ1v) is 8.42. The molecule has 0 fully saturated rings. The highest BCUT2D eigenvalue weighted by Gasteiger charge is 2.10. The van der Waals surface area contributed by atoms with Crippen LogP contribution in [0.4, 0.5) is 0 Å². The number of hydrogen-bond acceptors (Lipinski definition) is 4. The summed E-state index contributed by atoms with van der Waals surface area (Å²) in [6, 6.07) is 6.47. The first-order valence-electron chi connectivity index (χ1n) is 7.54. The minimum atomic E-state index is 0.675. The Kier molecular flexibility index (Phi) is 6.03. The van der Waals surface area contributed by atoms with Crippen molar-refractivity contribution in [1.29, 1.82) is 0 Å². The van der Waals surface area contributed by atoms with Crippen molar-refractivity contribution in [2.45, 2.75) is 40.4 Å². The van der Waals surface area contributed by atoms with E-state index in [9.17, 15) is 0 Å². The largest absolute Gasteiger partial charge is 0.465 e. The molecule has 2 aromatic rings. The molecular formula is C17H26N2OS. The van der Waals surface area contributed by atoms with Crippen LogP contribution in [0.2, 0.25) is 0 Å². The van der Waals surface area contributed by atoms with Gasteiger partial charge in [-0.3, -0.25) is 4.90 Å². The standard InChI is InChI=1S/C17H26N2OS/c1-13(2)9-18-10-15-8-16(20-14(15)3)11-19(4)12-17-6-5-7-21-17/h5-8,13,18H,9-12H2,1-4H3. The molecule has 4 heteroatoms. The van der Waals surface area contributed by atoms with Crippen molar-refractivity contribution in [2.75, 3.05) is 13.6 Å². The maximum Gasteiger partial charge on any atom is 0.118 e.